The second-order valence-electron chi connectivity index (χ2n) is 19.2. The summed E-state index contributed by atoms with van der Waals surface area (Å²) in [6.07, 6.45) is 72.1. The van der Waals surface area contributed by atoms with E-state index >= 15 is 0 Å². The molecule has 0 rings (SSSR count). The molecule has 0 amide bonds. The summed E-state index contributed by atoms with van der Waals surface area (Å²) in [6, 6.07) is 0. The van der Waals surface area contributed by atoms with Crippen LogP contribution in [-0.4, -0.2) is 37.2 Å². The van der Waals surface area contributed by atoms with E-state index in [0.29, 0.717) is 19.3 Å². The van der Waals surface area contributed by atoms with E-state index in [4.69, 9.17) is 14.2 Å². The van der Waals surface area contributed by atoms with Crippen LogP contribution in [0.5, 0.6) is 0 Å². The van der Waals surface area contributed by atoms with E-state index < -0.39 is 6.10 Å². The Kier molecular flexibility index (Phi) is 53.8. The number of ether oxygens (including phenoxy) is 3. The van der Waals surface area contributed by atoms with E-state index in [2.05, 4.69) is 93.7 Å². The standard InChI is InChI=1S/C62H108O6/c1-4-7-10-13-16-18-20-22-24-25-26-27-28-29-30-31-32-33-34-35-36-37-38-40-41-43-46-49-52-55-61(64)67-58-59(57-66-60(63)54-51-48-45-15-12-9-6-3)68-62(65)56-53-50-47-44-42-39-23-21-19-17-14-11-8-5-2/h7,10,14,16-18,21-24,26-27,59H,4-6,8-9,11-13,15,19-20,25,28-58H2,1-3H3/b10-7-,17-14-,18-16-,23-21-,24-22-,27-26-. The Morgan fingerprint density at radius 2 is 0.588 bits per heavy atom. The van der Waals surface area contributed by atoms with Gasteiger partial charge in [0.1, 0.15) is 13.2 Å². The van der Waals surface area contributed by atoms with Crippen molar-refractivity contribution in [3.05, 3.63) is 72.9 Å². The summed E-state index contributed by atoms with van der Waals surface area (Å²) in [5.74, 6) is -0.892. The van der Waals surface area contributed by atoms with Gasteiger partial charge in [0.15, 0.2) is 6.10 Å². The van der Waals surface area contributed by atoms with Crippen molar-refractivity contribution in [2.75, 3.05) is 13.2 Å². The lowest BCUT2D eigenvalue weighted by Gasteiger charge is -2.18. The Morgan fingerprint density at radius 1 is 0.309 bits per heavy atom. The first kappa shape index (κ1) is 64.8. The van der Waals surface area contributed by atoms with Gasteiger partial charge < -0.3 is 14.2 Å². The van der Waals surface area contributed by atoms with Crippen LogP contribution in [0.25, 0.3) is 0 Å². The molecule has 68 heavy (non-hydrogen) atoms. The fraction of sp³-hybridized carbons (Fsp3) is 0.758. The topological polar surface area (TPSA) is 78.9 Å². The average Bonchev–Trinajstić information content (AvgIpc) is 3.34. The van der Waals surface area contributed by atoms with E-state index in [1.807, 2.05) is 0 Å². The summed E-state index contributed by atoms with van der Waals surface area (Å²) >= 11 is 0. The Labute approximate surface area is 421 Å². The molecular formula is C62H108O6. The zero-order valence-corrected chi connectivity index (χ0v) is 44.9. The summed E-state index contributed by atoms with van der Waals surface area (Å²) in [6.45, 7) is 6.45. The van der Waals surface area contributed by atoms with Gasteiger partial charge in [0.2, 0.25) is 0 Å². The van der Waals surface area contributed by atoms with Crippen molar-refractivity contribution >= 4 is 17.9 Å². The third-order valence-electron chi connectivity index (χ3n) is 12.4. The Bertz CT molecular complexity index is 1270. The molecule has 0 aromatic heterocycles. The van der Waals surface area contributed by atoms with E-state index in [1.165, 1.54) is 135 Å². The van der Waals surface area contributed by atoms with E-state index in [1.54, 1.807) is 0 Å². The molecule has 6 heteroatoms. The number of carbonyl (C=O) groups excluding carboxylic acids is 3. The number of unbranched alkanes of at least 4 members (excludes halogenated alkanes) is 29. The van der Waals surface area contributed by atoms with Crippen molar-refractivity contribution < 1.29 is 28.6 Å². The van der Waals surface area contributed by atoms with Gasteiger partial charge in [0.25, 0.3) is 0 Å². The molecule has 1 atom stereocenters. The van der Waals surface area contributed by atoms with Crippen LogP contribution in [-0.2, 0) is 28.6 Å². The number of carbonyl (C=O) groups is 3. The predicted octanol–water partition coefficient (Wildman–Crippen LogP) is 19.4. The van der Waals surface area contributed by atoms with Crippen molar-refractivity contribution in [3.8, 4) is 0 Å². The van der Waals surface area contributed by atoms with Crippen LogP contribution in [0, 0.1) is 0 Å². The summed E-state index contributed by atoms with van der Waals surface area (Å²) in [7, 11) is 0. The maximum absolute atomic E-state index is 12.8. The molecule has 0 fully saturated rings. The minimum Gasteiger partial charge on any atom is -0.462 e. The van der Waals surface area contributed by atoms with Gasteiger partial charge in [-0.15, -0.1) is 0 Å². The minimum absolute atomic E-state index is 0.0783. The molecule has 392 valence electrons. The molecule has 6 nitrogen and oxygen atoms in total. The zero-order chi connectivity index (χ0) is 49.3. The van der Waals surface area contributed by atoms with Crippen LogP contribution in [0.2, 0.25) is 0 Å². The second-order valence-corrected chi connectivity index (χ2v) is 19.2. The SMILES string of the molecule is CC/C=C\C/C=C\C/C=C\C/C=C\CCCCCCCCCCCCCCCCCCC(=O)OCC(COC(=O)CCCCCCCCC)OC(=O)CCCCCCC/C=C\C/C=C\CCCC. The molecule has 0 N–H and O–H groups in total. The van der Waals surface area contributed by atoms with Crippen LogP contribution in [0.15, 0.2) is 72.9 Å². The van der Waals surface area contributed by atoms with Crippen molar-refractivity contribution in [1.29, 1.82) is 0 Å². The van der Waals surface area contributed by atoms with Gasteiger partial charge in [-0.25, -0.2) is 0 Å². The van der Waals surface area contributed by atoms with Gasteiger partial charge in [-0.2, -0.15) is 0 Å². The summed E-state index contributed by atoms with van der Waals surface area (Å²) in [4.78, 5) is 37.9. The molecule has 0 radical (unpaired) electrons. The summed E-state index contributed by atoms with van der Waals surface area (Å²) in [5.41, 5.74) is 0. The number of hydrogen-bond donors (Lipinski definition) is 0. The van der Waals surface area contributed by atoms with E-state index in [9.17, 15) is 14.4 Å². The van der Waals surface area contributed by atoms with Gasteiger partial charge in [0.05, 0.1) is 0 Å². The molecule has 0 saturated heterocycles. The Balaban J connectivity index is 4.06. The molecule has 0 bridgehead atoms. The normalized spacial score (nSPS) is 12.6. The van der Waals surface area contributed by atoms with E-state index in [-0.39, 0.29) is 31.1 Å². The van der Waals surface area contributed by atoms with Crippen LogP contribution in [0.3, 0.4) is 0 Å². The molecule has 0 aromatic rings. The number of rotatable bonds is 52. The Morgan fingerprint density at radius 3 is 0.941 bits per heavy atom. The fourth-order valence-electron chi connectivity index (χ4n) is 8.10. The van der Waals surface area contributed by atoms with Crippen LogP contribution in [0.4, 0.5) is 0 Å². The highest BCUT2D eigenvalue weighted by molar-refractivity contribution is 5.71. The molecular weight excluding hydrogens is 841 g/mol. The van der Waals surface area contributed by atoms with Gasteiger partial charge in [-0.05, 0) is 83.5 Å². The van der Waals surface area contributed by atoms with Crippen molar-refractivity contribution in [1.82, 2.24) is 0 Å². The molecule has 0 aliphatic heterocycles. The molecule has 0 aromatic carbocycles. The first-order chi connectivity index (χ1) is 33.5. The largest absolute Gasteiger partial charge is 0.462 e. The monoisotopic (exact) mass is 949 g/mol. The quantitative estimate of drug-likeness (QED) is 0.0262. The van der Waals surface area contributed by atoms with Gasteiger partial charge in [-0.3, -0.25) is 14.4 Å². The first-order valence-corrected chi connectivity index (χ1v) is 28.9. The van der Waals surface area contributed by atoms with Gasteiger partial charge in [0, 0.05) is 19.3 Å². The smallest absolute Gasteiger partial charge is 0.306 e. The number of esters is 3. The van der Waals surface area contributed by atoms with Gasteiger partial charge >= 0.3 is 17.9 Å². The van der Waals surface area contributed by atoms with Crippen molar-refractivity contribution in [2.45, 2.75) is 290 Å². The minimum atomic E-state index is -0.777. The second kappa shape index (κ2) is 56.4. The lowest BCUT2D eigenvalue weighted by atomic mass is 10.0. The molecule has 0 aliphatic carbocycles. The lowest BCUT2D eigenvalue weighted by Crippen LogP contribution is -2.30. The van der Waals surface area contributed by atoms with Crippen molar-refractivity contribution in [2.24, 2.45) is 0 Å². The number of hydrogen-bond acceptors (Lipinski definition) is 6. The molecule has 0 heterocycles. The lowest BCUT2D eigenvalue weighted by molar-refractivity contribution is -0.167. The molecule has 1 unspecified atom stereocenters. The van der Waals surface area contributed by atoms with Crippen LogP contribution < -0.4 is 0 Å². The highest BCUT2D eigenvalue weighted by Crippen LogP contribution is 2.16. The van der Waals surface area contributed by atoms with Gasteiger partial charge in [-0.1, -0.05) is 254 Å². The average molecular weight is 950 g/mol. The summed E-state index contributed by atoms with van der Waals surface area (Å²) < 4.78 is 16.8. The maximum atomic E-state index is 12.8. The number of allylic oxidation sites excluding steroid dienone is 12. The summed E-state index contributed by atoms with van der Waals surface area (Å²) in [5, 5.41) is 0. The zero-order valence-electron chi connectivity index (χ0n) is 44.9. The first-order valence-electron chi connectivity index (χ1n) is 28.9. The van der Waals surface area contributed by atoms with Crippen molar-refractivity contribution in [3.63, 3.8) is 0 Å². The molecule has 0 aliphatic rings. The van der Waals surface area contributed by atoms with Crippen LogP contribution >= 0.6 is 0 Å². The third-order valence-corrected chi connectivity index (χ3v) is 12.4. The maximum Gasteiger partial charge on any atom is 0.306 e. The highest BCUT2D eigenvalue weighted by Gasteiger charge is 2.19. The highest BCUT2D eigenvalue weighted by atomic mass is 16.6. The third kappa shape index (κ3) is 53.8. The Hall–Kier alpha value is -3.15. The van der Waals surface area contributed by atoms with E-state index in [0.717, 1.165) is 109 Å². The molecule has 0 spiro atoms. The fourth-order valence-corrected chi connectivity index (χ4v) is 8.10. The predicted molar refractivity (Wildman–Crippen MR) is 293 cm³/mol. The van der Waals surface area contributed by atoms with Crippen LogP contribution in [0.1, 0.15) is 284 Å². The molecule has 0 saturated carbocycles.